The predicted octanol–water partition coefficient (Wildman–Crippen LogP) is 10.6. The summed E-state index contributed by atoms with van der Waals surface area (Å²) in [6, 6.07) is 0. The van der Waals surface area contributed by atoms with Gasteiger partial charge in [0.25, 0.3) is 0 Å². The molecule has 4 saturated carbocycles. The van der Waals surface area contributed by atoms with Crippen molar-refractivity contribution < 1.29 is 38.0 Å². The monoisotopic (exact) mass is 773 g/mol. The van der Waals surface area contributed by atoms with Gasteiger partial charge in [-0.05, 0) is 64.7 Å². The van der Waals surface area contributed by atoms with Crippen molar-refractivity contribution in [2.45, 2.75) is 204 Å². The highest BCUT2D eigenvalue weighted by Gasteiger charge is 2.72. The van der Waals surface area contributed by atoms with Crippen molar-refractivity contribution in [1.29, 1.82) is 0 Å². The van der Waals surface area contributed by atoms with Gasteiger partial charge in [-0.1, -0.05) is 85.1 Å². The van der Waals surface area contributed by atoms with E-state index in [0.717, 1.165) is 137 Å². The molecule has 55 heavy (non-hydrogen) atoms. The highest BCUT2D eigenvalue weighted by molar-refractivity contribution is 5.87. The molecule has 0 aromatic heterocycles. The van der Waals surface area contributed by atoms with E-state index in [1.807, 2.05) is 0 Å². The molecule has 8 heteroatoms. The molecular formula is C47H80O8. The van der Waals surface area contributed by atoms with E-state index in [1.165, 1.54) is 77.0 Å². The fraction of sp³-hybridized carbons (Fsp3) is 0.936. The molecule has 0 aromatic rings. The van der Waals surface area contributed by atoms with E-state index in [2.05, 4.69) is 27.4 Å². The van der Waals surface area contributed by atoms with Gasteiger partial charge in [-0.25, -0.2) is 4.79 Å². The van der Waals surface area contributed by atoms with Gasteiger partial charge in [-0.15, -0.1) is 0 Å². The average Bonchev–Trinajstić information content (AvgIpc) is 3.08. The molecular weight excluding hydrogens is 693 g/mol. The van der Waals surface area contributed by atoms with Crippen LogP contribution in [0.1, 0.15) is 182 Å². The fourth-order valence-electron chi connectivity index (χ4n) is 12.3. The lowest BCUT2D eigenvalue weighted by Gasteiger charge is -2.68. The Balaban J connectivity index is 1.09. The number of carbonyl (C=O) groups is 1. The second-order valence-electron chi connectivity index (χ2n) is 20.2. The summed E-state index contributed by atoms with van der Waals surface area (Å²) in [6.07, 6.45) is 26.2. The van der Waals surface area contributed by atoms with Crippen molar-refractivity contribution in [3.05, 3.63) is 12.2 Å². The highest BCUT2D eigenvalue weighted by atomic mass is 16.6. The van der Waals surface area contributed by atoms with Crippen LogP contribution in [-0.4, -0.2) is 87.8 Å². The van der Waals surface area contributed by atoms with Crippen LogP contribution in [-0.2, 0) is 38.0 Å². The lowest BCUT2D eigenvalue weighted by Crippen LogP contribution is -2.74. The van der Waals surface area contributed by atoms with E-state index in [0.29, 0.717) is 21.8 Å². The first-order chi connectivity index (χ1) is 26.5. The maximum absolute atomic E-state index is 13.3. The normalized spacial score (nSPS) is 32.1. The first-order valence-corrected chi connectivity index (χ1v) is 23.0. The number of unbranched alkanes of at least 4 members (excludes halogenated alkanes) is 6. The van der Waals surface area contributed by atoms with Crippen LogP contribution in [0.2, 0.25) is 0 Å². The number of hydrogen-bond donors (Lipinski definition) is 0. The zero-order valence-electron chi connectivity index (χ0n) is 35.8. The Morgan fingerprint density at radius 1 is 0.473 bits per heavy atom. The average molecular weight is 773 g/mol. The minimum absolute atomic E-state index is 0.301. The maximum atomic E-state index is 13.3. The van der Waals surface area contributed by atoms with E-state index in [9.17, 15) is 4.79 Å². The van der Waals surface area contributed by atoms with Crippen molar-refractivity contribution in [3.8, 4) is 0 Å². The number of rotatable bonds is 29. The Morgan fingerprint density at radius 3 is 1.04 bits per heavy atom. The van der Waals surface area contributed by atoms with E-state index in [-0.39, 0.29) is 5.97 Å². The minimum Gasteiger partial charge on any atom is -0.455 e. The first kappa shape index (κ1) is 43.5. The summed E-state index contributed by atoms with van der Waals surface area (Å²) in [5.74, 6) is -0.301. The number of ether oxygens (including phenoxy) is 7. The molecule has 7 rings (SSSR count). The summed E-state index contributed by atoms with van der Waals surface area (Å²) in [4.78, 5) is 13.3. The SMILES string of the molecule is C=C(C)C(=O)OC12CC3(OCCCCCC4(CCC)COC4)CC(OCCCCCC4(CCC)COC4)(CC(OCCCCCC4(CCC)COC4)(C3)C1)C2. The molecule has 0 atom stereocenters. The van der Waals surface area contributed by atoms with Gasteiger partial charge < -0.3 is 33.2 Å². The van der Waals surface area contributed by atoms with Crippen molar-refractivity contribution in [2.75, 3.05) is 59.5 Å². The van der Waals surface area contributed by atoms with Gasteiger partial charge >= 0.3 is 5.97 Å². The summed E-state index contributed by atoms with van der Waals surface area (Å²) in [5, 5.41) is 0. The third kappa shape index (κ3) is 10.8. The third-order valence-corrected chi connectivity index (χ3v) is 14.6. The molecule has 0 amide bonds. The van der Waals surface area contributed by atoms with Gasteiger partial charge in [0.05, 0.1) is 56.4 Å². The number of carbonyl (C=O) groups excluding carboxylic acids is 1. The summed E-state index contributed by atoms with van der Waals surface area (Å²) in [6.45, 7) is 20.3. The molecule has 0 radical (unpaired) electrons. The summed E-state index contributed by atoms with van der Waals surface area (Å²) in [5.41, 5.74) is -0.276. The first-order valence-electron chi connectivity index (χ1n) is 23.0. The highest BCUT2D eigenvalue weighted by Crippen LogP contribution is 2.65. The minimum atomic E-state index is -0.672. The van der Waals surface area contributed by atoms with E-state index >= 15 is 0 Å². The van der Waals surface area contributed by atoms with E-state index < -0.39 is 22.4 Å². The Bertz CT molecular complexity index is 1100. The Hall–Kier alpha value is -1.03. The Kier molecular flexibility index (Phi) is 15.0. The second-order valence-corrected chi connectivity index (χ2v) is 20.2. The zero-order chi connectivity index (χ0) is 38.9. The molecule has 316 valence electrons. The quantitative estimate of drug-likeness (QED) is 0.0422. The molecule has 8 nitrogen and oxygen atoms in total. The van der Waals surface area contributed by atoms with Crippen LogP contribution in [0.3, 0.4) is 0 Å². The van der Waals surface area contributed by atoms with Crippen molar-refractivity contribution >= 4 is 5.97 Å². The topological polar surface area (TPSA) is 81.7 Å². The molecule has 0 unspecified atom stereocenters. The van der Waals surface area contributed by atoms with Crippen LogP contribution in [0.15, 0.2) is 12.2 Å². The molecule has 7 fully saturated rings. The van der Waals surface area contributed by atoms with Crippen molar-refractivity contribution in [3.63, 3.8) is 0 Å². The zero-order valence-corrected chi connectivity index (χ0v) is 35.8. The van der Waals surface area contributed by atoms with Gasteiger partial charge in [0.15, 0.2) is 0 Å². The third-order valence-electron chi connectivity index (χ3n) is 14.6. The van der Waals surface area contributed by atoms with E-state index in [1.54, 1.807) is 6.92 Å². The van der Waals surface area contributed by atoms with Crippen LogP contribution >= 0.6 is 0 Å². The standard InChI is InChI=1S/C47H80O8/c1-6-18-41(33-49-34-41)21-12-9-15-24-52-44-27-45(53-25-16-10-13-22-42(19-7-2)35-50-36-42)29-46(28-44,32-47(30-44,31-45)55-40(48)39(4)5)54-26-17-11-14-23-43(20-8-3)37-51-38-43/h4,6-38H2,1-3,5H3. The molecule has 4 bridgehead atoms. The van der Waals surface area contributed by atoms with Gasteiger partial charge in [0.2, 0.25) is 0 Å². The van der Waals surface area contributed by atoms with Crippen LogP contribution in [0.4, 0.5) is 0 Å². The molecule has 3 saturated heterocycles. The van der Waals surface area contributed by atoms with Crippen LogP contribution in [0.25, 0.3) is 0 Å². The maximum Gasteiger partial charge on any atom is 0.333 e. The second kappa shape index (κ2) is 18.9. The van der Waals surface area contributed by atoms with Gasteiger partial charge in [-0.3, -0.25) is 0 Å². The van der Waals surface area contributed by atoms with Crippen molar-refractivity contribution in [1.82, 2.24) is 0 Å². The largest absolute Gasteiger partial charge is 0.455 e. The number of esters is 1. The predicted molar refractivity (Wildman–Crippen MR) is 217 cm³/mol. The van der Waals surface area contributed by atoms with Crippen molar-refractivity contribution in [2.24, 2.45) is 16.2 Å². The molecule has 0 aromatic carbocycles. The Morgan fingerprint density at radius 2 is 0.782 bits per heavy atom. The molecule has 3 heterocycles. The van der Waals surface area contributed by atoms with Crippen LogP contribution in [0, 0.1) is 16.2 Å². The van der Waals surface area contributed by atoms with Gasteiger partial charge in [-0.2, -0.15) is 0 Å². The molecule has 3 aliphatic heterocycles. The smallest absolute Gasteiger partial charge is 0.333 e. The van der Waals surface area contributed by atoms with E-state index in [4.69, 9.17) is 33.2 Å². The summed E-state index contributed by atoms with van der Waals surface area (Å²) < 4.78 is 44.8. The lowest BCUT2D eigenvalue weighted by molar-refractivity contribution is -0.327. The summed E-state index contributed by atoms with van der Waals surface area (Å²) >= 11 is 0. The molecule has 7 aliphatic rings. The fourth-order valence-corrected chi connectivity index (χ4v) is 12.3. The van der Waals surface area contributed by atoms with Gasteiger partial charge in [0, 0.05) is 80.2 Å². The lowest BCUT2D eigenvalue weighted by atomic mass is 9.48. The molecule has 0 spiro atoms. The Labute approximate surface area is 335 Å². The number of hydrogen-bond acceptors (Lipinski definition) is 8. The van der Waals surface area contributed by atoms with Crippen LogP contribution in [0.5, 0.6) is 0 Å². The molecule has 4 aliphatic carbocycles. The van der Waals surface area contributed by atoms with Crippen LogP contribution < -0.4 is 0 Å². The molecule has 0 N–H and O–H groups in total. The van der Waals surface area contributed by atoms with Gasteiger partial charge in [0.1, 0.15) is 5.60 Å². The summed E-state index contributed by atoms with van der Waals surface area (Å²) in [7, 11) is 0.